The summed E-state index contributed by atoms with van der Waals surface area (Å²) in [5.41, 5.74) is 2.08. The fourth-order valence-corrected chi connectivity index (χ4v) is 5.23. The molecule has 1 atom stereocenters. The van der Waals surface area contributed by atoms with E-state index in [1.807, 2.05) is 44.2 Å². The van der Waals surface area contributed by atoms with Gasteiger partial charge in [0.15, 0.2) is 21.3 Å². The van der Waals surface area contributed by atoms with Crippen LogP contribution in [0.15, 0.2) is 51.4 Å². The molecule has 1 aromatic carbocycles. The molecule has 1 amide bonds. The minimum atomic E-state index is -3.15. The molecule has 0 saturated carbocycles. The number of carbonyl (C=O) groups is 1. The standard InChI is InChI=1S/C21H22N2O5S/c1-14-3-6-16(7-4-14)20-11-19(22-28-20)21(24)23(12-18-8-5-15(2)27-18)17-9-10-29(25,26)13-17/h3-8,11,17H,9-10,12-13H2,1-2H3/t17-/m0/s1. The predicted octanol–water partition coefficient (Wildman–Crippen LogP) is 3.38. The summed E-state index contributed by atoms with van der Waals surface area (Å²) in [6, 6.07) is 12.5. The highest BCUT2D eigenvalue weighted by Gasteiger charge is 2.36. The third-order valence-corrected chi connectivity index (χ3v) is 6.85. The smallest absolute Gasteiger partial charge is 0.276 e. The molecule has 3 heterocycles. The number of sulfone groups is 1. The van der Waals surface area contributed by atoms with Gasteiger partial charge in [-0.2, -0.15) is 0 Å². The van der Waals surface area contributed by atoms with Gasteiger partial charge >= 0.3 is 0 Å². The van der Waals surface area contributed by atoms with Crippen LogP contribution in [0.4, 0.5) is 0 Å². The van der Waals surface area contributed by atoms with Gasteiger partial charge in [0.25, 0.3) is 5.91 Å². The van der Waals surface area contributed by atoms with Gasteiger partial charge < -0.3 is 13.8 Å². The maximum absolute atomic E-state index is 13.2. The molecule has 29 heavy (non-hydrogen) atoms. The molecule has 3 aromatic rings. The van der Waals surface area contributed by atoms with Gasteiger partial charge in [-0.15, -0.1) is 0 Å². The van der Waals surface area contributed by atoms with Gasteiger partial charge in [0.05, 0.1) is 18.1 Å². The minimum Gasteiger partial charge on any atom is -0.464 e. The molecule has 1 aliphatic heterocycles. The first-order valence-corrected chi connectivity index (χ1v) is 11.2. The van der Waals surface area contributed by atoms with Crippen molar-refractivity contribution in [3.05, 3.63) is 65.2 Å². The highest BCUT2D eigenvalue weighted by atomic mass is 32.2. The number of hydrogen-bond acceptors (Lipinski definition) is 6. The predicted molar refractivity (Wildman–Crippen MR) is 107 cm³/mol. The van der Waals surface area contributed by atoms with E-state index in [0.717, 1.165) is 16.9 Å². The van der Waals surface area contributed by atoms with Gasteiger partial charge in [-0.25, -0.2) is 8.42 Å². The topological polar surface area (TPSA) is 93.6 Å². The van der Waals surface area contributed by atoms with Crippen molar-refractivity contribution in [1.82, 2.24) is 10.1 Å². The van der Waals surface area contributed by atoms with Gasteiger partial charge in [-0.1, -0.05) is 35.0 Å². The van der Waals surface area contributed by atoms with Crippen LogP contribution < -0.4 is 0 Å². The lowest BCUT2D eigenvalue weighted by molar-refractivity contribution is 0.0655. The molecule has 2 aromatic heterocycles. The second kappa shape index (κ2) is 7.51. The SMILES string of the molecule is Cc1ccc(-c2cc(C(=O)N(Cc3ccc(C)o3)[C@H]3CCS(=O)(=O)C3)no2)cc1. The first-order chi connectivity index (χ1) is 13.8. The fraction of sp³-hybridized carbons (Fsp3) is 0.333. The third-order valence-electron chi connectivity index (χ3n) is 5.10. The van der Waals surface area contributed by atoms with E-state index >= 15 is 0 Å². The quantitative estimate of drug-likeness (QED) is 0.635. The Morgan fingerprint density at radius 2 is 1.93 bits per heavy atom. The number of aryl methyl sites for hydroxylation is 2. The van der Waals surface area contributed by atoms with Gasteiger partial charge in [-0.3, -0.25) is 4.79 Å². The molecule has 1 aliphatic rings. The lowest BCUT2D eigenvalue weighted by atomic mass is 10.1. The molecule has 0 radical (unpaired) electrons. The Morgan fingerprint density at radius 1 is 1.17 bits per heavy atom. The van der Waals surface area contributed by atoms with Crippen LogP contribution in [-0.2, 0) is 16.4 Å². The van der Waals surface area contributed by atoms with Gasteiger partial charge in [0.1, 0.15) is 11.5 Å². The first kappa shape index (κ1) is 19.4. The summed E-state index contributed by atoms with van der Waals surface area (Å²) in [5, 5.41) is 3.94. The summed E-state index contributed by atoms with van der Waals surface area (Å²) in [7, 11) is -3.15. The molecule has 4 rings (SSSR count). The molecular weight excluding hydrogens is 392 g/mol. The van der Waals surface area contributed by atoms with Crippen molar-refractivity contribution in [2.45, 2.75) is 32.9 Å². The molecule has 0 spiro atoms. The number of carbonyl (C=O) groups excluding carboxylic acids is 1. The summed E-state index contributed by atoms with van der Waals surface area (Å²) in [6.07, 6.45) is 0.399. The second-order valence-corrected chi connectivity index (χ2v) is 9.67. The number of furan rings is 1. The number of hydrogen-bond donors (Lipinski definition) is 0. The molecule has 8 heteroatoms. The largest absolute Gasteiger partial charge is 0.464 e. The zero-order chi connectivity index (χ0) is 20.6. The molecule has 0 aliphatic carbocycles. The van der Waals surface area contributed by atoms with E-state index in [0.29, 0.717) is 17.9 Å². The van der Waals surface area contributed by atoms with Crippen molar-refractivity contribution in [2.24, 2.45) is 0 Å². The lowest BCUT2D eigenvalue weighted by Crippen LogP contribution is -2.40. The first-order valence-electron chi connectivity index (χ1n) is 9.41. The van der Waals surface area contributed by atoms with E-state index in [9.17, 15) is 13.2 Å². The molecular formula is C21H22N2O5S. The van der Waals surface area contributed by atoms with Crippen LogP contribution in [0.2, 0.25) is 0 Å². The van der Waals surface area contributed by atoms with Crippen LogP contribution in [-0.4, -0.2) is 41.9 Å². The summed E-state index contributed by atoms with van der Waals surface area (Å²) in [4.78, 5) is 14.7. The Bertz CT molecular complexity index is 1130. The van der Waals surface area contributed by atoms with Crippen LogP contribution in [0, 0.1) is 13.8 Å². The maximum Gasteiger partial charge on any atom is 0.276 e. The molecule has 1 saturated heterocycles. The third kappa shape index (κ3) is 4.27. The van der Waals surface area contributed by atoms with Crippen molar-refractivity contribution in [3.8, 4) is 11.3 Å². The Balaban J connectivity index is 1.61. The Kier molecular flexibility index (Phi) is 5.04. The van der Waals surface area contributed by atoms with Crippen molar-refractivity contribution >= 4 is 15.7 Å². The van der Waals surface area contributed by atoms with Crippen molar-refractivity contribution in [2.75, 3.05) is 11.5 Å². The number of nitrogens with zero attached hydrogens (tertiary/aromatic N) is 2. The number of rotatable bonds is 5. The van der Waals surface area contributed by atoms with E-state index in [4.69, 9.17) is 8.94 Å². The number of amides is 1. The van der Waals surface area contributed by atoms with Crippen LogP contribution in [0.1, 0.15) is 34.0 Å². The zero-order valence-corrected chi connectivity index (χ0v) is 17.1. The van der Waals surface area contributed by atoms with Gasteiger partial charge in [0, 0.05) is 17.7 Å². The highest BCUT2D eigenvalue weighted by molar-refractivity contribution is 7.91. The molecule has 152 valence electrons. The number of benzene rings is 1. The average Bonchev–Trinajstić information content (AvgIpc) is 3.40. The Labute approximate surface area is 169 Å². The molecule has 7 nitrogen and oxygen atoms in total. The van der Waals surface area contributed by atoms with Crippen LogP contribution in [0.25, 0.3) is 11.3 Å². The summed E-state index contributed by atoms with van der Waals surface area (Å²) >= 11 is 0. The fourth-order valence-electron chi connectivity index (χ4n) is 3.50. The van der Waals surface area contributed by atoms with Gasteiger partial charge in [-0.05, 0) is 32.4 Å². The van der Waals surface area contributed by atoms with Gasteiger partial charge in [0.2, 0.25) is 0 Å². The van der Waals surface area contributed by atoms with Crippen molar-refractivity contribution in [1.29, 1.82) is 0 Å². The molecule has 0 N–H and O–H groups in total. The highest BCUT2D eigenvalue weighted by Crippen LogP contribution is 2.25. The number of aromatic nitrogens is 1. The summed E-state index contributed by atoms with van der Waals surface area (Å²) in [5.74, 6) is 1.47. The van der Waals surface area contributed by atoms with E-state index in [1.165, 1.54) is 4.90 Å². The normalized spacial score (nSPS) is 18.1. The molecule has 1 fully saturated rings. The molecule has 0 unspecified atom stereocenters. The average molecular weight is 414 g/mol. The lowest BCUT2D eigenvalue weighted by Gasteiger charge is -2.26. The molecule has 0 bridgehead atoms. The van der Waals surface area contributed by atoms with E-state index in [1.54, 1.807) is 12.1 Å². The van der Waals surface area contributed by atoms with Crippen LogP contribution in [0.5, 0.6) is 0 Å². The second-order valence-electron chi connectivity index (χ2n) is 7.44. The van der Waals surface area contributed by atoms with Crippen LogP contribution >= 0.6 is 0 Å². The summed E-state index contributed by atoms with van der Waals surface area (Å²) in [6.45, 7) is 3.99. The van der Waals surface area contributed by atoms with E-state index in [-0.39, 0.29) is 29.7 Å². The monoisotopic (exact) mass is 414 g/mol. The maximum atomic E-state index is 13.2. The van der Waals surface area contributed by atoms with Crippen molar-refractivity contribution < 1.29 is 22.2 Å². The summed E-state index contributed by atoms with van der Waals surface area (Å²) < 4.78 is 35.0. The van der Waals surface area contributed by atoms with Crippen molar-refractivity contribution in [3.63, 3.8) is 0 Å². The van der Waals surface area contributed by atoms with Crippen LogP contribution in [0.3, 0.4) is 0 Å². The Morgan fingerprint density at radius 3 is 2.55 bits per heavy atom. The minimum absolute atomic E-state index is 0.0545. The van der Waals surface area contributed by atoms with E-state index in [2.05, 4.69) is 5.16 Å². The zero-order valence-electron chi connectivity index (χ0n) is 16.3. The Hall–Kier alpha value is -2.87. The van der Waals surface area contributed by atoms with E-state index < -0.39 is 15.9 Å².